The fourth-order valence-electron chi connectivity index (χ4n) is 3.86. The number of pyridine rings is 1. The molecule has 136 valence electrons. The van der Waals surface area contributed by atoms with Crippen LogP contribution in [0, 0.1) is 5.92 Å². The van der Waals surface area contributed by atoms with Crippen LogP contribution >= 0.6 is 0 Å². The van der Waals surface area contributed by atoms with Gasteiger partial charge in [0.25, 0.3) is 0 Å². The lowest BCUT2D eigenvalue weighted by Crippen LogP contribution is -2.14. The molecule has 1 nitrogen and oxygen atoms in total. The Morgan fingerprint density at radius 3 is 2.69 bits per heavy atom. The van der Waals surface area contributed by atoms with Gasteiger partial charge in [-0.1, -0.05) is 75.8 Å². The number of allylic oxidation sites excluding steroid dienone is 6. The summed E-state index contributed by atoms with van der Waals surface area (Å²) in [4.78, 5) is 4.90. The van der Waals surface area contributed by atoms with Gasteiger partial charge < -0.3 is 0 Å². The fourth-order valence-corrected chi connectivity index (χ4v) is 3.86. The zero-order valence-corrected chi connectivity index (χ0v) is 16.8. The van der Waals surface area contributed by atoms with E-state index in [0.717, 1.165) is 19.3 Å². The van der Waals surface area contributed by atoms with Gasteiger partial charge in [0.15, 0.2) is 0 Å². The van der Waals surface area contributed by atoms with Crippen LogP contribution in [0.1, 0.15) is 65.1 Å². The third-order valence-corrected chi connectivity index (χ3v) is 5.24. The maximum absolute atomic E-state index is 4.90. The van der Waals surface area contributed by atoms with Gasteiger partial charge in [0.05, 0.1) is 5.69 Å². The second-order valence-electron chi connectivity index (χ2n) is 8.41. The Labute approximate surface area is 158 Å². The molecule has 2 aromatic rings. The Kier molecular flexibility index (Phi) is 5.46. The number of nitrogens with zero attached hydrogens (tertiary/aromatic N) is 1. The summed E-state index contributed by atoms with van der Waals surface area (Å²) < 4.78 is 0. The molecule has 0 saturated carbocycles. The van der Waals surface area contributed by atoms with Crippen molar-refractivity contribution in [3.05, 3.63) is 71.6 Å². The third kappa shape index (κ3) is 3.82. The highest BCUT2D eigenvalue weighted by Gasteiger charge is 2.24. The minimum absolute atomic E-state index is 0.0923. The second-order valence-corrected chi connectivity index (χ2v) is 8.41. The van der Waals surface area contributed by atoms with Gasteiger partial charge in [-0.2, -0.15) is 0 Å². The molecule has 1 atom stereocenters. The molecule has 0 saturated heterocycles. The number of hydrogen-bond acceptors (Lipinski definition) is 1. The van der Waals surface area contributed by atoms with Crippen molar-refractivity contribution >= 4 is 16.3 Å². The van der Waals surface area contributed by atoms with E-state index in [0.29, 0.717) is 5.92 Å². The van der Waals surface area contributed by atoms with Gasteiger partial charge in [-0.05, 0) is 60.1 Å². The van der Waals surface area contributed by atoms with Crippen LogP contribution in [0.25, 0.3) is 16.3 Å². The molecule has 1 aromatic heterocycles. The van der Waals surface area contributed by atoms with E-state index in [1.807, 2.05) is 6.20 Å². The van der Waals surface area contributed by atoms with E-state index in [2.05, 4.69) is 83.2 Å². The van der Waals surface area contributed by atoms with E-state index in [1.54, 1.807) is 0 Å². The van der Waals surface area contributed by atoms with E-state index < -0.39 is 0 Å². The summed E-state index contributed by atoms with van der Waals surface area (Å²) in [7, 11) is 0. The molecule has 1 unspecified atom stereocenters. The molecule has 1 aliphatic rings. The monoisotopic (exact) mass is 345 g/mol. The summed E-state index contributed by atoms with van der Waals surface area (Å²) in [5.41, 5.74) is 5.40. The lowest BCUT2D eigenvalue weighted by Gasteiger charge is -2.26. The van der Waals surface area contributed by atoms with Crippen molar-refractivity contribution in [1.29, 1.82) is 0 Å². The largest absolute Gasteiger partial charge is 0.256 e. The molecule has 0 amide bonds. The first-order chi connectivity index (χ1) is 12.4. The summed E-state index contributed by atoms with van der Waals surface area (Å²) in [6.45, 7) is 11.3. The SMILES string of the molecule is CCC=CCC1CC=C(C)C=C1c1nccc2cccc(C(C)(C)C)c12. The van der Waals surface area contributed by atoms with Gasteiger partial charge in [0.2, 0.25) is 0 Å². The van der Waals surface area contributed by atoms with Crippen LogP contribution in [0.2, 0.25) is 0 Å². The normalized spacial score (nSPS) is 18.3. The van der Waals surface area contributed by atoms with Crippen molar-refractivity contribution in [2.45, 2.75) is 59.3 Å². The smallest absolute Gasteiger partial charge is 0.0746 e. The van der Waals surface area contributed by atoms with Crippen molar-refractivity contribution in [2.75, 3.05) is 0 Å². The molecule has 0 fully saturated rings. The summed E-state index contributed by atoms with van der Waals surface area (Å²) in [6.07, 6.45) is 14.6. The van der Waals surface area contributed by atoms with Gasteiger partial charge in [-0.25, -0.2) is 0 Å². The standard InChI is InChI=1S/C25H31N/c1-6-7-8-10-19-14-13-18(2)17-21(19)24-23-20(15-16-26-24)11-9-12-22(23)25(3,4)5/h7-9,11-13,15-17,19H,6,10,14H2,1-5H3. The molecule has 26 heavy (non-hydrogen) atoms. The van der Waals surface area contributed by atoms with Crippen molar-refractivity contribution < 1.29 is 0 Å². The first-order valence-electron chi connectivity index (χ1n) is 9.83. The highest BCUT2D eigenvalue weighted by Crippen LogP contribution is 2.39. The Hall–Kier alpha value is -2.15. The molecule has 1 aliphatic carbocycles. The maximum atomic E-state index is 4.90. The molecule has 1 aromatic carbocycles. The quantitative estimate of drug-likeness (QED) is 0.532. The number of rotatable bonds is 4. The molecular weight excluding hydrogens is 314 g/mol. The Morgan fingerprint density at radius 1 is 1.15 bits per heavy atom. The van der Waals surface area contributed by atoms with Gasteiger partial charge in [0.1, 0.15) is 0 Å². The van der Waals surface area contributed by atoms with Crippen LogP contribution in [0.5, 0.6) is 0 Å². The summed E-state index contributed by atoms with van der Waals surface area (Å²) in [5.74, 6) is 0.507. The topological polar surface area (TPSA) is 12.9 Å². The molecule has 0 aliphatic heterocycles. The average Bonchev–Trinajstić information content (AvgIpc) is 2.61. The lowest BCUT2D eigenvalue weighted by atomic mass is 9.79. The van der Waals surface area contributed by atoms with E-state index in [4.69, 9.17) is 4.98 Å². The Bertz CT molecular complexity index is 869. The molecule has 3 rings (SSSR count). The predicted octanol–water partition coefficient (Wildman–Crippen LogP) is 7.24. The Morgan fingerprint density at radius 2 is 1.96 bits per heavy atom. The minimum atomic E-state index is 0.0923. The zero-order valence-electron chi connectivity index (χ0n) is 16.8. The first kappa shape index (κ1) is 18.6. The van der Waals surface area contributed by atoms with Gasteiger partial charge >= 0.3 is 0 Å². The Balaban J connectivity index is 2.19. The van der Waals surface area contributed by atoms with E-state index >= 15 is 0 Å². The minimum Gasteiger partial charge on any atom is -0.256 e. The van der Waals surface area contributed by atoms with Gasteiger partial charge in [-0.3, -0.25) is 4.98 Å². The second kappa shape index (κ2) is 7.61. The number of benzene rings is 1. The number of aromatic nitrogens is 1. The molecule has 0 radical (unpaired) electrons. The van der Waals surface area contributed by atoms with E-state index in [-0.39, 0.29) is 5.41 Å². The van der Waals surface area contributed by atoms with Crippen LogP contribution in [0.4, 0.5) is 0 Å². The summed E-state index contributed by atoms with van der Waals surface area (Å²) in [6, 6.07) is 8.81. The third-order valence-electron chi connectivity index (χ3n) is 5.24. The van der Waals surface area contributed by atoms with Crippen LogP contribution in [-0.2, 0) is 5.41 Å². The zero-order chi connectivity index (χ0) is 18.7. The molecule has 1 heterocycles. The van der Waals surface area contributed by atoms with Gasteiger partial charge in [0, 0.05) is 11.6 Å². The van der Waals surface area contributed by atoms with Crippen LogP contribution < -0.4 is 0 Å². The van der Waals surface area contributed by atoms with Gasteiger partial charge in [-0.15, -0.1) is 0 Å². The molecule has 0 bridgehead atoms. The molecule has 0 N–H and O–H groups in total. The number of fused-ring (bicyclic) bond motifs is 1. The summed E-state index contributed by atoms with van der Waals surface area (Å²) >= 11 is 0. The molecule has 0 spiro atoms. The molecular formula is C25H31N. The van der Waals surface area contributed by atoms with Crippen molar-refractivity contribution in [1.82, 2.24) is 4.98 Å². The van der Waals surface area contributed by atoms with Crippen LogP contribution in [-0.4, -0.2) is 4.98 Å². The van der Waals surface area contributed by atoms with E-state index in [9.17, 15) is 0 Å². The highest BCUT2D eigenvalue weighted by molar-refractivity contribution is 5.96. The number of hydrogen-bond donors (Lipinski definition) is 0. The van der Waals surface area contributed by atoms with Crippen molar-refractivity contribution in [3.8, 4) is 0 Å². The lowest BCUT2D eigenvalue weighted by molar-refractivity contribution is 0.595. The fraction of sp³-hybridized carbons (Fsp3) is 0.400. The van der Waals surface area contributed by atoms with Crippen molar-refractivity contribution in [3.63, 3.8) is 0 Å². The summed E-state index contributed by atoms with van der Waals surface area (Å²) in [5, 5.41) is 2.62. The van der Waals surface area contributed by atoms with Crippen LogP contribution in [0.15, 0.2) is 60.3 Å². The predicted molar refractivity (Wildman–Crippen MR) is 114 cm³/mol. The average molecular weight is 346 g/mol. The van der Waals surface area contributed by atoms with E-state index in [1.165, 1.54) is 33.2 Å². The maximum Gasteiger partial charge on any atom is 0.0746 e. The first-order valence-corrected chi connectivity index (χ1v) is 9.83. The molecule has 1 heteroatoms. The van der Waals surface area contributed by atoms with Crippen molar-refractivity contribution in [2.24, 2.45) is 5.92 Å². The highest BCUT2D eigenvalue weighted by atomic mass is 14.7. The van der Waals surface area contributed by atoms with Crippen LogP contribution in [0.3, 0.4) is 0 Å².